The standard InChI is InChI=1S/C24H26N6/c1-17-22(19-6-4-3-5-7-19)23(25)30-24(27-17)21(16-26-30)18-8-10-20(11-9-18)29-14-12-28(2)13-15-29/h3-11,16H,12-15,25H2,1-2H3. The van der Waals surface area contributed by atoms with Crippen LogP contribution < -0.4 is 10.6 Å². The number of aryl methyl sites for hydroxylation is 1. The van der Waals surface area contributed by atoms with Gasteiger partial charge in [-0.05, 0) is 37.2 Å². The Hall–Kier alpha value is -3.38. The van der Waals surface area contributed by atoms with E-state index in [9.17, 15) is 0 Å². The molecule has 5 rings (SSSR count). The molecule has 4 aromatic rings. The molecule has 0 aliphatic carbocycles. The van der Waals surface area contributed by atoms with Crippen molar-refractivity contribution in [2.45, 2.75) is 6.92 Å². The van der Waals surface area contributed by atoms with Gasteiger partial charge in [0.1, 0.15) is 5.82 Å². The summed E-state index contributed by atoms with van der Waals surface area (Å²) in [6, 6.07) is 18.8. The third-order valence-electron chi connectivity index (χ3n) is 5.97. The van der Waals surface area contributed by atoms with E-state index in [0.717, 1.165) is 59.8 Å². The molecule has 0 amide bonds. The Morgan fingerprint density at radius 3 is 2.27 bits per heavy atom. The fourth-order valence-corrected chi connectivity index (χ4v) is 4.21. The molecule has 0 radical (unpaired) electrons. The van der Waals surface area contributed by atoms with E-state index in [0.29, 0.717) is 5.82 Å². The van der Waals surface area contributed by atoms with Crippen molar-refractivity contribution in [3.8, 4) is 22.3 Å². The zero-order chi connectivity index (χ0) is 20.7. The normalized spacial score (nSPS) is 15.1. The fourth-order valence-electron chi connectivity index (χ4n) is 4.21. The van der Waals surface area contributed by atoms with Crippen molar-refractivity contribution in [1.29, 1.82) is 0 Å². The maximum absolute atomic E-state index is 6.53. The van der Waals surface area contributed by atoms with Gasteiger partial charge >= 0.3 is 0 Å². The van der Waals surface area contributed by atoms with Gasteiger partial charge in [-0.25, -0.2) is 4.98 Å². The lowest BCUT2D eigenvalue weighted by Crippen LogP contribution is -2.44. The van der Waals surface area contributed by atoms with Crippen LogP contribution in [-0.2, 0) is 0 Å². The molecule has 2 aromatic heterocycles. The number of aromatic nitrogens is 3. The van der Waals surface area contributed by atoms with Crippen molar-refractivity contribution < 1.29 is 0 Å². The lowest BCUT2D eigenvalue weighted by Gasteiger charge is -2.34. The number of anilines is 2. The zero-order valence-corrected chi connectivity index (χ0v) is 17.4. The predicted molar refractivity (Wildman–Crippen MR) is 123 cm³/mol. The monoisotopic (exact) mass is 398 g/mol. The minimum atomic E-state index is 0.615. The van der Waals surface area contributed by atoms with Crippen molar-refractivity contribution >= 4 is 17.2 Å². The molecule has 0 spiro atoms. The minimum absolute atomic E-state index is 0.615. The van der Waals surface area contributed by atoms with Gasteiger partial charge in [0.25, 0.3) is 0 Å². The van der Waals surface area contributed by atoms with Crippen molar-refractivity contribution in [2.75, 3.05) is 43.9 Å². The highest BCUT2D eigenvalue weighted by Crippen LogP contribution is 2.33. The molecule has 1 saturated heterocycles. The molecular formula is C24H26N6. The topological polar surface area (TPSA) is 62.7 Å². The largest absolute Gasteiger partial charge is 0.383 e. The Kier molecular flexibility index (Phi) is 4.64. The van der Waals surface area contributed by atoms with Crippen LogP contribution in [0.5, 0.6) is 0 Å². The lowest BCUT2D eigenvalue weighted by atomic mass is 10.0. The number of piperazine rings is 1. The van der Waals surface area contributed by atoms with Crippen LogP contribution in [0.1, 0.15) is 5.69 Å². The zero-order valence-electron chi connectivity index (χ0n) is 17.4. The van der Waals surface area contributed by atoms with Gasteiger partial charge in [-0.1, -0.05) is 42.5 Å². The third kappa shape index (κ3) is 3.19. The van der Waals surface area contributed by atoms with Crippen LogP contribution in [0.4, 0.5) is 11.5 Å². The summed E-state index contributed by atoms with van der Waals surface area (Å²) in [6.07, 6.45) is 1.86. The Balaban J connectivity index is 1.51. The Morgan fingerprint density at radius 1 is 0.867 bits per heavy atom. The Labute approximate surface area is 176 Å². The average molecular weight is 399 g/mol. The summed E-state index contributed by atoms with van der Waals surface area (Å²) in [5.41, 5.74) is 13.6. The number of rotatable bonds is 3. The van der Waals surface area contributed by atoms with E-state index in [1.54, 1.807) is 4.52 Å². The summed E-state index contributed by atoms with van der Waals surface area (Å²) in [4.78, 5) is 9.68. The number of nitrogens with zero attached hydrogens (tertiary/aromatic N) is 5. The van der Waals surface area contributed by atoms with Gasteiger partial charge in [-0.15, -0.1) is 0 Å². The van der Waals surface area contributed by atoms with Gasteiger partial charge in [-0.2, -0.15) is 9.61 Å². The van der Waals surface area contributed by atoms with E-state index in [1.165, 1.54) is 5.69 Å². The molecule has 0 unspecified atom stereocenters. The Morgan fingerprint density at radius 2 is 1.57 bits per heavy atom. The lowest BCUT2D eigenvalue weighted by molar-refractivity contribution is 0.313. The first kappa shape index (κ1) is 18.6. The molecule has 1 aliphatic rings. The number of hydrogen-bond donors (Lipinski definition) is 1. The van der Waals surface area contributed by atoms with Crippen LogP contribution in [0.25, 0.3) is 27.9 Å². The first-order valence-corrected chi connectivity index (χ1v) is 10.3. The van der Waals surface area contributed by atoms with Crippen LogP contribution in [0, 0.1) is 6.92 Å². The summed E-state index contributed by atoms with van der Waals surface area (Å²) in [5.74, 6) is 0.615. The molecule has 30 heavy (non-hydrogen) atoms. The summed E-state index contributed by atoms with van der Waals surface area (Å²) >= 11 is 0. The van der Waals surface area contributed by atoms with Crippen LogP contribution >= 0.6 is 0 Å². The maximum atomic E-state index is 6.53. The number of fused-ring (bicyclic) bond motifs is 1. The summed E-state index contributed by atoms with van der Waals surface area (Å²) in [6.45, 7) is 6.33. The Bertz CT molecular complexity index is 1170. The molecule has 2 aromatic carbocycles. The highest BCUT2D eigenvalue weighted by atomic mass is 15.3. The van der Waals surface area contributed by atoms with Crippen molar-refractivity contribution in [3.05, 3.63) is 66.5 Å². The summed E-state index contributed by atoms with van der Waals surface area (Å²) in [7, 11) is 2.18. The minimum Gasteiger partial charge on any atom is -0.383 e. The van der Waals surface area contributed by atoms with Gasteiger partial charge in [0.2, 0.25) is 0 Å². The number of likely N-dealkylation sites (N-methyl/N-ethyl adjacent to an activating group) is 1. The van der Waals surface area contributed by atoms with Crippen molar-refractivity contribution in [2.24, 2.45) is 0 Å². The average Bonchev–Trinajstić information content (AvgIpc) is 3.19. The first-order valence-electron chi connectivity index (χ1n) is 10.3. The molecular weight excluding hydrogens is 372 g/mol. The second-order valence-corrected chi connectivity index (χ2v) is 7.95. The molecule has 6 heteroatoms. The summed E-state index contributed by atoms with van der Waals surface area (Å²) < 4.78 is 1.75. The second kappa shape index (κ2) is 7.46. The van der Waals surface area contributed by atoms with Crippen LogP contribution in [0.2, 0.25) is 0 Å². The van der Waals surface area contributed by atoms with Crippen molar-refractivity contribution in [1.82, 2.24) is 19.5 Å². The van der Waals surface area contributed by atoms with Crippen LogP contribution in [0.15, 0.2) is 60.8 Å². The smallest absolute Gasteiger partial charge is 0.165 e. The molecule has 3 heterocycles. The van der Waals surface area contributed by atoms with Crippen molar-refractivity contribution in [3.63, 3.8) is 0 Å². The maximum Gasteiger partial charge on any atom is 0.165 e. The van der Waals surface area contributed by atoms with Crippen LogP contribution in [0.3, 0.4) is 0 Å². The van der Waals surface area contributed by atoms with Gasteiger partial charge in [0.05, 0.1) is 11.9 Å². The highest BCUT2D eigenvalue weighted by Gasteiger charge is 2.18. The first-order chi connectivity index (χ1) is 14.6. The molecule has 0 saturated carbocycles. The van der Waals surface area contributed by atoms with E-state index in [1.807, 2.05) is 43.5 Å². The van der Waals surface area contributed by atoms with E-state index < -0.39 is 0 Å². The van der Waals surface area contributed by atoms with E-state index in [2.05, 4.69) is 46.2 Å². The van der Waals surface area contributed by atoms with Crippen LogP contribution in [-0.4, -0.2) is 52.7 Å². The van der Waals surface area contributed by atoms with E-state index in [4.69, 9.17) is 10.7 Å². The fraction of sp³-hybridized carbons (Fsp3) is 0.250. The van der Waals surface area contributed by atoms with Gasteiger partial charge < -0.3 is 15.5 Å². The highest BCUT2D eigenvalue weighted by molar-refractivity contribution is 5.84. The van der Waals surface area contributed by atoms with Gasteiger partial charge in [-0.3, -0.25) is 0 Å². The van der Waals surface area contributed by atoms with Gasteiger partial charge in [0.15, 0.2) is 5.65 Å². The van der Waals surface area contributed by atoms with E-state index >= 15 is 0 Å². The van der Waals surface area contributed by atoms with E-state index in [-0.39, 0.29) is 0 Å². The second-order valence-electron chi connectivity index (χ2n) is 7.95. The molecule has 0 bridgehead atoms. The molecule has 1 aliphatic heterocycles. The number of hydrogen-bond acceptors (Lipinski definition) is 5. The molecule has 2 N–H and O–H groups in total. The molecule has 1 fully saturated rings. The summed E-state index contributed by atoms with van der Waals surface area (Å²) in [5, 5.41) is 4.56. The SMILES string of the molecule is Cc1nc2c(-c3ccc(N4CCN(C)CC4)cc3)cnn2c(N)c1-c1ccccc1. The molecule has 0 atom stereocenters. The quantitative estimate of drug-likeness (QED) is 0.570. The predicted octanol–water partition coefficient (Wildman–Crippen LogP) is 3.71. The molecule has 6 nitrogen and oxygen atoms in total. The van der Waals surface area contributed by atoms with Gasteiger partial charge in [0, 0.05) is 43.0 Å². The molecule has 152 valence electrons. The number of benzene rings is 2. The number of nitrogen functional groups attached to an aromatic ring is 1. The third-order valence-corrected chi connectivity index (χ3v) is 5.97. The number of nitrogens with two attached hydrogens (primary N) is 1.